The maximum absolute atomic E-state index is 12.9. The normalized spacial score (nSPS) is 11.3. The van der Waals surface area contributed by atoms with Crippen LogP contribution in [0.5, 0.6) is 0 Å². The number of hydrogen-bond acceptors (Lipinski definition) is 5. The molecule has 0 aliphatic carbocycles. The molecule has 6 nitrogen and oxygen atoms in total. The van der Waals surface area contributed by atoms with E-state index >= 15 is 0 Å². The Morgan fingerprint density at radius 2 is 1.89 bits per heavy atom. The molecule has 1 N–H and O–H groups in total. The van der Waals surface area contributed by atoms with Crippen molar-refractivity contribution in [1.29, 1.82) is 5.26 Å². The highest BCUT2D eigenvalue weighted by atomic mass is 35.5. The van der Waals surface area contributed by atoms with Crippen molar-refractivity contribution in [3.63, 3.8) is 0 Å². The summed E-state index contributed by atoms with van der Waals surface area (Å²) in [4.78, 5) is 8.02. The molecule has 0 amide bonds. The lowest BCUT2D eigenvalue weighted by molar-refractivity contribution is -0.137. The van der Waals surface area contributed by atoms with Gasteiger partial charge in [0.25, 0.3) is 0 Å². The van der Waals surface area contributed by atoms with Gasteiger partial charge >= 0.3 is 6.18 Å². The Hall–Kier alpha value is -2.83. The van der Waals surface area contributed by atoms with E-state index in [-0.39, 0.29) is 28.0 Å². The number of nitrogens with zero attached hydrogens (tertiary/aromatic N) is 5. The van der Waals surface area contributed by atoms with Crippen LogP contribution in [0.15, 0.2) is 36.9 Å². The monoisotopic (exact) mass is 412 g/mol. The summed E-state index contributed by atoms with van der Waals surface area (Å²) in [6.45, 7) is 0.267. The van der Waals surface area contributed by atoms with Crippen LogP contribution in [0.25, 0.3) is 5.69 Å². The standard InChI is InChI=1S/C16H9Cl2F3N6/c17-11-3-9(16(19,20)21)4-12(18)15(11)27-8-14(13(5-22)26-27)25-7-10-6-23-1-2-24-10/h1-4,6,8,25H,7H2. The zero-order valence-corrected chi connectivity index (χ0v) is 14.8. The van der Waals surface area contributed by atoms with Crippen LogP contribution in [-0.4, -0.2) is 19.7 Å². The Kier molecular flexibility index (Phi) is 5.21. The van der Waals surface area contributed by atoms with Crippen molar-refractivity contribution in [3.8, 4) is 11.8 Å². The summed E-state index contributed by atoms with van der Waals surface area (Å²) in [5, 5.41) is 15.8. The lowest BCUT2D eigenvalue weighted by atomic mass is 10.2. The molecule has 138 valence electrons. The molecule has 0 aliphatic heterocycles. The average molecular weight is 413 g/mol. The maximum atomic E-state index is 12.9. The summed E-state index contributed by atoms with van der Waals surface area (Å²) in [7, 11) is 0. The van der Waals surface area contributed by atoms with Crippen LogP contribution in [-0.2, 0) is 12.7 Å². The molecule has 0 saturated carbocycles. The Bertz CT molecular complexity index is 988. The number of halogens is 5. The van der Waals surface area contributed by atoms with Gasteiger partial charge in [0.2, 0.25) is 0 Å². The summed E-state index contributed by atoms with van der Waals surface area (Å²) in [6, 6.07) is 3.41. The van der Waals surface area contributed by atoms with Gasteiger partial charge in [0, 0.05) is 12.4 Å². The van der Waals surface area contributed by atoms with Gasteiger partial charge in [0.05, 0.1) is 45.9 Å². The van der Waals surface area contributed by atoms with Gasteiger partial charge in [-0.05, 0) is 12.1 Å². The molecule has 0 saturated heterocycles. The number of rotatable bonds is 4. The molecule has 3 rings (SSSR count). The maximum Gasteiger partial charge on any atom is 0.416 e. The second-order valence-corrected chi connectivity index (χ2v) is 6.10. The topological polar surface area (TPSA) is 79.4 Å². The highest BCUT2D eigenvalue weighted by Gasteiger charge is 2.32. The van der Waals surface area contributed by atoms with E-state index in [1.807, 2.05) is 6.07 Å². The van der Waals surface area contributed by atoms with Gasteiger partial charge in [-0.25, -0.2) is 4.68 Å². The molecule has 0 atom stereocenters. The first-order valence-electron chi connectivity index (χ1n) is 7.34. The van der Waals surface area contributed by atoms with E-state index in [0.29, 0.717) is 11.4 Å². The third-order valence-corrected chi connectivity index (χ3v) is 4.05. The first-order valence-corrected chi connectivity index (χ1v) is 8.10. The molecule has 27 heavy (non-hydrogen) atoms. The van der Waals surface area contributed by atoms with Gasteiger partial charge in [-0.15, -0.1) is 0 Å². The van der Waals surface area contributed by atoms with Crippen LogP contribution in [0.4, 0.5) is 18.9 Å². The molecule has 0 radical (unpaired) electrons. The van der Waals surface area contributed by atoms with Crippen molar-refractivity contribution in [2.45, 2.75) is 12.7 Å². The lowest BCUT2D eigenvalue weighted by Crippen LogP contribution is -2.07. The van der Waals surface area contributed by atoms with Crippen LogP contribution < -0.4 is 5.32 Å². The van der Waals surface area contributed by atoms with Gasteiger partial charge in [0.1, 0.15) is 11.8 Å². The summed E-state index contributed by atoms with van der Waals surface area (Å²) >= 11 is 12.0. The molecule has 3 aromatic rings. The van der Waals surface area contributed by atoms with E-state index in [1.54, 1.807) is 6.20 Å². The number of nitriles is 1. The Morgan fingerprint density at radius 1 is 1.19 bits per heavy atom. The third kappa shape index (κ3) is 4.13. The second kappa shape index (κ2) is 7.42. The second-order valence-electron chi connectivity index (χ2n) is 5.28. The van der Waals surface area contributed by atoms with Crippen LogP contribution in [0.3, 0.4) is 0 Å². The first-order chi connectivity index (χ1) is 12.8. The van der Waals surface area contributed by atoms with Gasteiger partial charge in [-0.1, -0.05) is 23.2 Å². The van der Waals surface area contributed by atoms with Crippen LogP contribution in [0, 0.1) is 11.3 Å². The molecule has 2 aromatic heterocycles. The highest BCUT2D eigenvalue weighted by Crippen LogP contribution is 2.37. The highest BCUT2D eigenvalue weighted by molar-refractivity contribution is 6.37. The molecule has 0 aliphatic rings. The van der Waals surface area contributed by atoms with Crippen LogP contribution >= 0.6 is 23.2 Å². The lowest BCUT2D eigenvalue weighted by Gasteiger charge is -2.12. The fourth-order valence-electron chi connectivity index (χ4n) is 2.26. The van der Waals surface area contributed by atoms with Crippen molar-refractivity contribution < 1.29 is 13.2 Å². The molecule has 2 heterocycles. The largest absolute Gasteiger partial charge is 0.416 e. The van der Waals surface area contributed by atoms with Crippen molar-refractivity contribution in [2.24, 2.45) is 0 Å². The molecular formula is C16H9Cl2F3N6. The number of benzene rings is 1. The molecule has 1 aromatic carbocycles. The number of nitrogens with one attached hydrogen (secondary N) is 1. The van der Waals surface area contributed by atoms with Gasteiger partial charge in [0.15, 0.2) is 5.69 Å². The molecule has 0 bridgehead atoms. The van der Waals surface area contributed by atoms with Crippen molar-refractivity contribution >= 4 is 28.9 Å². The minimum Gasteiger partial charge on any atom is -0.376 e. The van der Waals surface area contributed by atoms with Gasteiger partial charge in [-0.3, -0.25) is 9.97 Å². The summed E-state index contributed by atoms with van der Waals surface area (Å²) in [5.74, 6) is 0. The fourth-order valence-corrected chi connectivity index (χ4v) is 2.92. The number of aromatic nitrogens is 4. The average Bonchev–Trinajstić information content (AvgIpc) is 3.02. The zero-order valence-electron chi connectivity index (χ0n) is 13.3. The number of anilines is 1. The van der Waals surface area contributed by atoms with E-state index in [4.69, 9.17) is 23.2 Å². The molecular weight excluding hydrogens is 404 g/mol. The van der Waals surface area contributed by atoms with Crippen LogP contribution in [0.1, 0.15) is 17.0 Å². The predicted molar refractivity (Wildman–Crippen MR) is 92.7 cm³/mol. The van der Waals surface area contributed by atoms with E-state index in [9.17, 15) is 18.4 Å². The summed E-state index contributed by atoms with van der Waals surface area (Å²) in [6.07, 6.45) is 1.42. The van der Waals surface area contributed by atoms with Crippen molar-refractivity contribution in [1.82, 2.24) is 19.7 Å². The smallest absolute Gasteiger partial charge is 0.376 e. The third-order valence-electron chi connectivity index (χ3n) is 3.47. The fraction of sp³-hybridized carbons (Fsp3) is 0.125. The molecule has 0 fully saturated rings. The molecule has 11 heteroatoms. The molecule has 0 unspecified atom stereocenters. The minimum atomic E-state index is -4.59. The predicted octanol–water partition coefficient (Wildman–Crippen LogP) is 4.47. The zero-order chi connectivity index (χ0) is 19.6. The Morgan fingerprint density at radius 3 is 2.44 bits per heavy atom. The Balaban J connectivity index is 1.94. The minimum absolute atomic E-state index is 0.0194. The van der Waals surface area contributed by atoms with Gasteiger partial charge < -0.3 is 5.32 Å². The van der Waals surface area contributed by atoms with E-state index in [2.05, 4.69) is 20.4 Å². The molecule has 0 spiro atoms. The quantitative estimate of drug-likeness (QED) is 0.683. The number of hydrogen-bond donors (Lipinski definition) is 1. The van der Waals surface area contributed by atoms with Gasteiger partial charge in [-0.2, -0.15) is 23.5 Å². The van der Waals surface area contributed by atoms with E-state index in [1.165, 1.54) is 18.6 Å². The summed E-state index contributed by atoms with van der Waals surface area (Å²) < 4.78 is 39.7. The van der Waals surface area contributed by atoms with E-state index in [0.717, 1.165) is 16.8 Å². The van der Waals surface area contributed by atoms with Crippen molar-refractivity contribution in [2.75, 3.05) is 5.32 Å². The van der Waals surface area contributed by atoms with Crippen molar-refractivity contribution in [3.05, 3.63) is 63.9 Å². The number of alkyl halides is 3. The Labute approximate surface area is 161 Å². The first kappa shape index (κ1) is 18.9. The van der Waals surface area contributed by atoms with Crippen LogP contribution in [0.2, 0.25) is 10.0 Å². The SMILES string of the molecule is N#Cc1nn(-c2c(Cl)cc(C(F)(F)F)cc2Cl)cc1NCc1cnccn1. The summed E-state index contributed by atoms with van der Waals surface area (Å²) in [5.41, 5.74) is 0.0474. The van der Waals surface area contributed by atoms with E-state index < -0.39 is 11.7 Å².